The van der Waals surface area contributed by atoms with Gasteiger partial charge in [0.05, 0.1) is 6.54 Å². The first-order valence-electron chi connectivity index (χ1n) is 5.71. The molecule has 100 valence electrons. The molecule has 1 aromatic carbocycles. The molecule has 0 unspecified atom stereocenters. The predicted octanol–water partition coefficient (Wildman–Crippen LogP) is 3.71. The highest BCUT2D eigenvalue weighted by atomic mass is 79.9. The SMILES string of the molecule is Cc1cc(Br)c(CN(CC(=O)O)C(C)C)cc1Cl. The highest BCUT2D eigenvalue weighted by molar-refractivity contribution is 9.10. The molecule has 0 spiro atoms. The predicted molar refractivity (Wildman–Crippen MR) is 77.1 cm³/mol. The molecule has 0 bridgehead atoms. The smallest absolute Gasteiger partial charge is 0.317 e. The second-order valence-corrected chi connectivity index (χ2v) is 5.85. The fourth-order valence-electron chi connectivity index (χ4n) is 1.62. The van der Waals surface area contributed by atoms with Gasteiger partial charge in [-0.3, -0.25) is 9.69 Å². The van der Waals surface area contributed by atoms with Crippen molar-refractivity contribution in [3.63, 3.8) is 0 Å². The van der Waals surface area contributed by atoms with Crippen molar-refractivity contribution in [3.05, 3.63) is 32.8 Å². The van der Waals surface area contributed by atoms with Gasteiger partial charge in [0.1, 0.15) is 0 Å². The minimum atomic E-state index is -0.821. The first-order chi connectivity index (χ1) is 8.31. The molecule has 3 nitrogen and oxygen atoms in total. The van der Waals surface area contributed by atoms with Crippen molar-refractivity contribution in [3.8, 4) is 0 Å². The summed E-state index contributed by atoms with van der Waals surface area (Å²) in [5, 5.41) is 9.60. The van der Waals surface area contributed by atoms with Gasteiger partial charge in [0.2, 0.25) is 0 Å². The third kappa shape index (κ3) is 4.26. The maximum Gasteiger partial charge on any atom is 0.317 e. The zero-order valence-electron chi connectivity index (χ0n) is 10.7. The highest BCUT2D eigenvalue weighted by Gasteiger charge is 2.15. The number of hydrogen-bond donors (Lipinski definition) is 1. The number of carboxylic acids is 1. The average molecular weight is 335 g/mol. The molecular formula is C13H17BrClNO2. The quantitative estimate of drug-likeness (QED) is 0.892. The van der Waals surface area contributed by atoms with Crippen LogP contribution in [0.3, 0.4) is 0 Å². The standard InChI is InChI=1S/C13H17BrClNO2/c1-8(2)16(7-13(17)18)6-10-5-12(15)9(3)4-11(10)14/h4-5,8H,6-7H2,1-3H3,(H,17,18). The fraction of sp³-hybridized carbons (Fsp3) is 0.462. The van der Waals surface area contributed by atoms with Crippen LogP contribution in [0.4, 0.5) is 0 Å². The second kappa shape index (κ2) is 6.55. The van der Waals surface area contributed by atoms with Crippen LogP contribution in [0.1, 0.15) is 25.0 Å². The van der Waals surface area contributed by atoms with Crippen molar-refractivity contribution in [2.75, 3.05) is 6.54 Å². The van der Waals surface area contributed by atoms with Crippen LogP contribution in [0.15, 0.2) is 16.6 Å². The van der Waals surface area contributed by atoms with Gasteiger partial charge >= 0.3 is 5.97 Å². The Balaban J connectivity index is 2.93. The van der Waals surface area contributed by atoms with Gasteiger partial charge in [-0.2, -0.15) is 0 Å². The Hall–Kier alpha value is -0.580. The first kappa shape index (κ1) is 15.5. The normalized spacial score (nSPS) is 11.3. The Labute approximate surface area is 121 Å². The van der Waals surface area contributed by atoms with E-state index in [1.807, 2.05) is 37.8 Å². The minimum absolute atomic E-state index is 0.0234. The van der Waals surface area contributed by atoms with Crippen LogP contribution in [0.2, 0.25) is 5.02 Å². The Morgan fingerprint density at radius 2 is 2.11 bits per heavy atom. The Bertz CT molecular complexity index is 449. The Kier molecular flexibility index (Phi) is 5.63. The lowest BCUT2D eigenvalue weighted by atomic mass is 10.1. The summed E-state index contributed by atoms with van der Waals surface area (Å²) in [6.45, 7) is 6.48. The minimum Gasteiger partial charge on any atom is -0.480 e. The van der Waals surface area contributed by atoms with Crippen molar-refractivity contribution in [2.45, 2.75) is 33.4 Å². The monoisotopic (exact) mass is 333 g/mol. The summed E-state index contributed by atoms with van der Waals surface area (Å²) in [7, 11) is 0. The number of benzene rings is 1. The highest BCUT2D eigenvalue weighted by Crippen LogP contribution is 2.26. The van der Waals surface area contributed by atoms with E-state index in [1.165, 1.54) is 0 Å². The lowest BCUT2D eigenvalue weighted by molar-refractivity contribution is -0.138. The van der Waals surface area contributed by atoms with Gasteiger partial charge in [-0.25, -0.2) is 0 Å². The molecule has 0 saturated carbocycles. The van der Waals surface area contributed by atoms with Gasteiger partial charge in [0.25, 0.3) is 0 Å². The van der Waals surface area contributed by atoms with Gasteiger partial charge in [0, 0.05) is 22.1 Å². The van der Waals surface area contributed by atoms with E-state index in [0.717, 1.165) is 15.6 Å². The second-order valence-electron chi connectivity index (χ2n) is 4.59. The fourth-order valence-corrected chi connectivity index (χ4v) is 2.39. The molecule has 0 aromatic heterocycles. The summed E-state index contributed by atoms with van der Waals surface area (Å²) >= 11 is 9.59. The van der Waals surface area contributed by atoms with Crippen molar-refractivity contribution >= 4 is 33.5 Å². The number of nitrogens with zero attached hydrogens (tertiary/aromatic N) is 1. The molecule has 1 rings (SSSR count). The van der Waals surface area contributed by atoms with Gasteiger partial charge < -0.3 is 5.11 Å². The lowest BCUT2D eigenvalue weighted by Crippen LogP contribution is -2.35. The van der Waals surface area contributed by atoms with Crippen molar-refractivity contribution in [2.24, 2.45) is 0 Å². The van der Waals surface area contributed by atoms with E-state index in [0.29, 0.717) is 11.6 Å². The summed E-state index contributed by atoms with van der Waals surface area (Å²) < 4.78 is 0.959. The zero-order chi connectivity index (χ0) is 13.9. The van der Waals surface area contributed by atoms with Gasteiger partial charge in [-0.15, -0.1) is 0 Å². The summed E-state index contributed by atoms with van der Waals surface area (Å²) in [5.41, 5.74) is 2.00. The molecule has 0 aliphatic heterocycles. The summed E-state index contributed by atoms with van der Waals surface area (Å²) in [4.78, 5) is 12.7. The van der Waals surface area contributed by atoms with Gasteiger partial charge in [-0.1, -0.05) is 27.5 Å². The number of halogens is 2. The largest absolute Gasteiger partial charge is 0.480 e. The van der Waals surface area contributed by atoms with E-state index in [9.17, 15) is 4.79 Å². The topological polar surface area (TPSA) is 40.5 Å². The third-order valence-corrected chi connectivity index (χ3v) is 3.92. The first-order valence-corrected chi connectivity index (χ1v) is 6.88. The number of carboxylic acid groups (broad SMARTS) is 1. The number of hydrogen-bond acceptors (Lipinski definition) is 2. The number of aryl methyl sites for hydroxylation is 1. The molecule has 0 fully saturated rings. The molecular weight excluding hydrogens is 318 g/mol. The van der Waals surface area contributed by atoms with Gasteiger partial charge in [-0.05, 0) is 44.0 Å². The number of rotatable bonds is 5. The molecule has 0 radical (unpaired) electrons. The van der Waals surface area contributed by atoms with Crippen LogP contribution in [0.5, 0.6) is 0 Å². The summed E-state index contributed by atoms with van der Waals surface area (Å²) in [5.74, 6) is -0.821. The number of carbonyl (C=O) groups is 1. The van der Waals surface area contributed by atoms with Gasteiger partial charge in [0.15, 0.2) is 0 Å². The molecule has 1 N–H and O–H groups in total. The molecule has 0 heterocycles. The Morgan fingerprint density at radius 1 is 1.50 bits per heavy atom. The molecule has 1 aromatic rings. The third-order valence-electron chi connectivity index (χ3n) is 2.77. The van der Waals surface area contributed by atoms with E-state index < -0.39 is 5.97 Å². The average Bonchev–Trinajstić information content (AvgIpc) is 2.23. The molecule has 0 atom stereocenters. The van der Waals surface area contributed by atoms with Crippen LogP contribution in [0.25, 0.3) is 0 Å². The lowest BCUT2D eigenvalue weighted by Gasteiger charge is -2.25. The number of aliphatic carboxylic acids is 1. The van der Waals surface area contributed by atoms with Crippen LogP contribution >= 0.6 is 27.5 Å². The molecule has 18 heavy (non-hydrogen) atoms. The zero-order valence-corrected chi connectivity index (χ0v) is 13.0. The molecule has 0 saturated heterocycles. The molecule has 5 heteroatoms. The van der Waals surface area contributed by atoms with Crippen molar-refractivity contribution < 1.29 is 9.90 Å². The Morgan fingerprint density at radius 3 is 2.61 bits per heavy atom. The van der Waals surface area contributed by atoms with Crippen molar-refractivity contribution in [1.82, 2.24) is 4.90 Å². The van der Waals surface area contributed by atoms with E-state index in [4.69, 9.17) is 16.7 Å². The van der Waals surface area contributed by atoms with E-state index in [-0.39, 0.29) is 12.6 Å². The molecule has 0 aliphatic carbocycles. The van der Waals surface area contributed by atoms with Crippen LogP contribution in [-0.4, -0.2) is 28.6 Å². The van der Waals surface area contributed by atoms with Crippen molar-refractivity contribution in [1.29, 1.82) is 0 Å². The maximum absolute atomic E-state index is 10.8. The summed E-state index contributed by atoms with van der Waals surface area (Å²) in [6, 6.07) is 4.00. The molecule has 0 amide bonds. The summed E-state index contributed by atoms with van der Waals surface area (Å²) in [6.07, 6.45) is 0. The molecule has 0 aliphatic rings. The maximum atomic E-state index is 10.8. The van der Waals surface area contributed by atoms with Crippen LogP contribution < -0.4 is 0 Å². The van der Waals surface area contributed by atoms with E-state index in [1.54, 1.807) is 0 Å². The van der Waals surface area contributed by atoms with E-state index in [2.05, 4.69) is 15.9 Å². The van der Waals surface area contributed by atoms with Crippen LogP contribution in [-0.2, 0) is 11.3 Å². The van der Waals surface area contributed by atoms with E-state index >= 15 is 0 Å². The van der Waals surface area contributed by atoms with Crippen LogP contribution in [0, 0.1) is 6.92 Å².